The maximum Gasteiger partial charge on any atom is 0.318 e. The van der Waals surface area contributed by atoms with Crippen LogP contribution in [0.3, 0.4) is 0 Å². The maximum absolute atomic E-state index is 11.7. The monoisotopic (exact) mass is 226 g/mol. The number of carboxylic acids is 1. The first-order valence-electron chi connectivity index (χ1n) is 5.96. The number of carbonyl (C=O) groups excluding carboxylic acids is 1. The van der Waals surface area contributed by atoms with Gasteiger partial charge in [-0.25, -0.2) is 4.79 Å². The van der Waals surface area contributed by atoms with Crippen LogP contribution < -0.4 is 5.32 Å². The van der Waals surface area contributed by atoms with Crippen LogP contribution in [0, 0.1) is 0 Å². The zero-order valence-electron chi connectivity index (χ0n) is 9.32. The molecule has 1 aliphatic carbocycles. The lowest BCUT2D eigenvalue weighted by atomic mass is 9.94. The molecule has 1 unspecified atom stereocenters. The first-order valence-corrected chi connectivity index (χ1v) is 5.96. The fourth-order valence-electron chi connectivity index (χ4n) is 2.66. The summed E-state index contributed by atoms with van der Waals surface area (Å²) in [6.07, 6.45) is 5.76. The smallest absolute Gasteiger partial charge is 0.318 e. The number of amides is 2. The summed E-state index contributed by atoms with van der Waals surface area (Å²) in [6, 6.07) is 0.0256. The number of carboxylic acid groups (broad SMARTS) is 1. The molecule has 1 heterocycles. The molecule has 1 atom stereocenters. The Morgan fingerprint density at radius 1 is 1.38 bits per heavy atom. The lowest BCUT2D eigenvalue weighted by molar-refractivity contribution is -0.137. The highest BCUT2D eigenvalue weighted by molar-refractivity contribution is 5.79. The molecule has 5 nitrogen and oxygen atoms in total. The van der Waals surface area contributed by atoms with Crippen molar-refractivity contribution in [1.82, 2.24) is 10.2 Å². The molecule has 2 rings (SSSR count). The number of aliphatic carboxylic acids is 1. The summed E-state index contributed by atoms with van der Waals surface area (Å²) in [7, 11) is 0. The van der Waals surface area contributed by atoms with Gasteiger partial charge in [-0.2, -0.15) is 0 Å². The second-order valence-corrected chi connectivity index (χ2v) is 4.69. The molecule has 2 N–H and O–H groups in total. The van der Waals surface area contributed by atoms with Gasteiger partial charge in [0.25, 0.3) is 0 Å². The average molecular weight is 226 g/mol. The summed E-state index contributed by atoms with van der Waals surface area (Å²) in [4.78, 5) is 24.1. The zero-order valence-corrected chi connectivity index (χ0v) is 9.32. The minimum absolute atomic E-state index is 0.0228. The van der Waals surface area contributed by atoms with Gasteiger partial charge in [-0.3, -0.25) is 4.79 Å². The van der Waals surface area contributed by atoms with Crippen LogP contribution in [0.15, 0.2) is 0 Å². The molecule has 0 bridgehead atoms. The van der Waals surface area contributed by atoms with Gasteiger partial charge in [0.15, 0.2) is 0 Å². The van der Waals surface area contributed by atoms with Crippen molar-refractivity contribution in [2.45, 2.75) is 50.6 Å². The molecular formula is C11H18N2O3. The number of hydrogen-bond acceptors (Lipinski definition) is 2. The number of rotatable bonds is 3. The third-order valence-electron chi connectivity index (χ3n) is 3.44. The van der Waals surface area contributed by atoms with Gasteiger partial charge in [-0.05, 0) is 12.8 Å². The van der Waals surface area contributed by atoms with Crippen LogP contribution in [0.1, 0.15) is 38.5 Å². The van der Waals surface area contributed by atoms with Gasteiger partial charge in [0, 0.05) is 12.6 Å². The van der Waals surface area contributed by atoms with Crippen molar-refractivity contribution in [1.29, 1.82) is 0 Å². The summed E-state index contributed by atoms with van der Waals surface area (Å²) < 4.78 is 0. The quantitative estimate of drug-likeness (QED) is 0.759. The second-order valence-electron chi connectivity index (χ2n) is 4.69. The van der Waals surface area contributed by atoms with Crippen LogP contribution in [-0.2, 0) is 4.79 Å². The Kier molecular flexibility index (Phi) is 3.31. The van der Waals surface area contributed by atoms with Crippen LogP contribution >= 0.6 is 0 Å². The third kappa shape index (κ3) is 2.46. The first kappa shape index (κ1) is 11.2. The highest BCUT2D eigenvalue weighted by atomic mass is 16.4. The van der Waals surface area contributed by atoms with E-state index in [4.69, 9.17) is 5.11 Å². The Balaban J connectivity index is 1.90. The van der Waals surface area contributed by atoms with E-state index in [1.165, 1.54) is 19.3 Å². The molecule has 1 aliphatic heterocycles. The van der Waals surface area contributed by atoms with Crippen molar-refractivity contribution < 1.29 is 14.7 Å². The van der Waals surface area contributed by atoms with E-state index in [-0.39, 0.29) is 18.5 Å². The van der Waals surface area contributed by atoms with Gasteiger partial charge < -0.3 is 15.3 Å². The standard InChI is InChI=1S/C11H18N2O3/c14-10(15)6-8-7-13(11(16)12-8)9-4-2-1-3-5-9/h8-9H,1-7H2,(H,12,16)(H,14,15). The highest BCUT2D eigenvalue weighted by Gasteiger charge is 2.34. The summed E-state index contributed by atoms with van der Waals surface area (Å²) in [5, 5.41) is 11.4. The van der Waals surface area contributed by atoms with Gasteiger partial charge in [0.1, 0.15) is 0 Å². The van der Waals surface area contributed by atoms with E-state index in [9.17, 15) is 9.59 Å². The third-order valence-corrected chi connectivity index (χ3v) is 3.44. The molecule has 16 heavy (non-hydrogen) atoms. The van der Waals surface area contributed by atoms with Gasteiger partial charge in [0.05, 0.1) is 12.5 Å². The molecule has 0 aromatic rings. The summed E-state index contributed by atoms with van der Waals surface area (Å²) in [6.45, 7) is 0.551. The van der Waals surface area contributed by atoms with Crippen LogP contribution in [-0.4, -0.2) is 40.6 Å². The second kappa shape index (κ2) is 4.72. The lowest BCUT2D eigenvalue weighted by Crippen LogP contribution is -2.39. The molecule has 0 spiro atoms. The summed E-state index contributed by atoms with van der Waals surface area (Å²) in [5.74, 6) is -0.851. The number of hydrogen-bond donors (Lipinski definition) is 2. The molecule has 2 amide bonds. The molecule has 0 aromatic carbocycles. The lowest BCUT2D eigenvalue weighted by Gasteiger charge is -2.30. The van der Waals surface area contributed by atoms with E-state index in [1.807, 2.05) is 4.90 Å². The molecule has 1 saturated heterocycles. The van der Waals surface area contributed by atoms with Crippen molar-refractivity contribution in [2.24, 2.45) is 0 Å². The molecule has 1 saturated carbocycles. The van der Waals surface area contributed by atoms with E-state index in [1.54, 1.807) is 0 Å². The van der Waals surface area contributed by atoms with Crippen LogP contribution in [0.2, 0.25) is 0 Å². The fourth-order valence-corrected chi connectivity index (χ4v) is 2.66. The number of carbonyl (C=O) groups is 2. The zero-order chi connectivity index (χ0) is 11.5. The predicted octanol–water partition coefficient (Wildman–Crippen LogP) is 1.19. The molecule has 2 aliphatic rings. The van der Waals surface area contributed by atoms with Crippen LogP contribution in [0.25, 0.3) is 0 Å². The number of nitrogens with zero attached hydrogens (tertiary/aromatic N) is 1. The Morgan fingerprint density at radius 3 is 2.69 bits per heavy atom. The van der Waals surface area contributed by atoms with E-state index in [0.29, 0.717) is 12.6 Å². The molecular weight excluding hydrogens is 208 g/mol. The van der Waals surface area contributed by atoms with Crippen LogP contribution in [0.5, 0.6) is 0 Å². The summed E-state index contributed by atoms with van der Waals surface area (Å²) in [5.41, 5.74) is 0. The molecule has 5 heteroatoms. The van der Waals surface area contributed by atoms with Crippen molar-refractivity contribution in [3.63, 3.8) is 0 Å². The van der Waals surface area contributed by atoms with E-state index in [2.05, 4.69) is 5.32 Å². The van der Waals surface area contributed by atoms with E-state index >= 15 is 0 Å². The normalized spacial score (nSPS) is 26.9. The van der Waals surface area contributed by atoms with E-state index < -0.39 is 5.97 Å². The number of nitrogens with one attached hydrogen (secondary N) is 1. The Bertz CT molecular complexity index is 287. The van der Waals surface area contributed by atoms with Gasteiger partial charge >= 0.3 is 12.0 Å². The average Bonchev–Trinajstić information content (AvgIpc) is 2.60. The van der Waals surface area contributed by atoms with Crippen molar-refractivity contribution in [3.05, 3.63) is 0 Å². The Hall–Kier alpha value is -1.26. The SMILES string of the molecule is O=C(O)CC1CN(C2CCCCC2)C(=O)N1. The molecule has 2 fully saturated rings. The Morgan fingerprint density at radius 2 is 2.06 bits per heavy atom. The van der Waals surface area contributed by atoms with Crippen molar-refractivity contribution in [3.8, 4) is 0 Å². The molecule has 0 aromatic heterocycles. The fraction of sp³-hybridized carbons (Fsp3) is 0.818. The van der Waals surface area contributed by atoms with Crippen molar-refractivity contribution >= 4 is 12.0 Å². The number of urea groups is 1. The largest absolute Gasteiger partial charge is 0.481 e. The predicted molar refractivity (Wildman–Crippen MR) is 58.2 cm³/mol. The minimum Gasteiger partial charge on any atom is -0.481 e. The Labute approximate surface area is 94.8 Å². The first-order chi connectivity index (χ1) is 7.66. The topological polar surface area (TPSA) is 69.6 Å². The maximum atomic E-state index is 11.7. The van der Waals surface area contributed by atoms with Crippen molar-refractivity contribution in [2.75, 3.05) is 6.54 Å². The highest BCUT2D eigenvalue weighted by Crippen LogP contribution is 2.24. The van der Waals surface area contributed by atoms with E-state index in [0.717, 1.165) is 12.8 Å². The molecule has 90 valence electrons. The van der Waals surface area contributed by atoms with Gasteiger partial charge in [0.2, 0.25) is 0 Å². The minimum atomic E-state index is -0.851. The molecule has 0 radical (unpaired) electrons. The summed E-state index contributed by atoms with van der Waals surface area (Å²) >= 11 is 0. The van der Waals surface area contributed by atoms with Crippen LogP contribution in [0.4, 0.5) is 4.79 Å². The van der Waals surface area contributed by atoms with Gasteiger partial charge in [-0.15, -0.1) is 0 Å². The van der Waals surface area contributed by atoms with Gasteiger partial charge in [-0.1, -0.05) is 19.3 Å².